The van der Waals surface area contributed by atoms with Crippen molar-refractivity contribution >= 4 is 10.0 Å². The summed E-state index contributed by atoms with van der Waals surface area (Å²) in [6.07, 6.45) is 3.57. The Labute approximate surface area is 147 Å². The molecule has 1 fully saturated rings. The smallest absolute Gasteiger partial charge is 0.215 e. The molecule has 1 aromatic carbocycles. The number of sulfonamides is 1. The molecule has 0 unspecified atom stereocenters. The fourth-order valence-electron chi connectivity index (χ4n) is 3.11. The summed E-state index contributed by atoms with van der Waals surface area (Å²) in [6, 6.07) is 9.55. The molecule has 0 amide bonds. The summed E-state index contributed by atoms with van der Waals surface area (Å²) in [5.41, 5.74) is 0.459. The van der Waals surface area contributed by atoms with Gasteiger partial charge in [-0.1, -0.05) is 12.1 Å². The van der Waals surface area contributed by atoms with Gasteiger partial charge in [0.2, 0.25) is 10.0 Å². The largest absolute Gasteiger partial charge is 0.468 e. The number of likely N-dealkylation sites (tertiary alicyclic amines) is 1. The van der Waals surface area contributed by atoms with Gasteiger partial charge in [-0.2, -0.15) is 0 Å². The summed E-state index contributed by atoms with van der Waals surface area (Å²) >= 11 is 0. The third-order valence-electron chi connectivity index (χ3n) is 4.50. The van der Waals surface area contributed by atoms with Gasteiger partial charge in [-0.3, -0.25) is 4.90 Å². The molecule has 2 heterocycles. The molecule has 0 aliphatic carbocycles. The van der Waals surface area contributed by atoms with E-state index < -0.39 is 15.8 Å². The first-order valence-corrected chi connectivity index (χ1v) is 10.1. The topological polar surface area (TPSA) is 62.6 Å². The molecule has 7 heteroatoms. The van der Waals surface area contributed by atoms with Gasteiger partial charge >= 0.3 is 0 Å². The van der Waals surface area contributed by atoms with Gasteiger partial charge in [0.15, 0.2) is 0 Å². The molecule has 25 heavy (non-hydrogen) atoms. The van der Waals surface area contributed by atoms with E-state index in [0.717, 1.165) is 38.2 Å². The van der Waals surface area contributed by atoms with Gasteiger partial charge < -0.3 is 4.42 Å². The van der Waals surface area contributed by atoms with Crippen molar-refractivity contribution in [2.75, 3.05) is 19.6 Å². The standard InChI is InChI=1S/C18H23FN2O3S/c19-17-4-1-3-16(11-17)14-25(22,23)20-12-15-6-8-21(9-7-15)13-18-5-2-10-24-18/h1-5,10-11,15,20H,6-9,12-14H2. The number of hydrogen-bond acceptors (Lipinski definition) is 4. The Kier molecular flexibility index (Phi) is 5.88. The molecule has 0 atom stereocenters. The van der Waals surface area contributed by atoms with Crippen molar-refractivity contribution in [3.8, 4) is 0 Å². The second-order valence-electron chi connectivity index (χ2n) is 6.54. The highest BCUT2D eigenvalue weighted by Crippen LogP contribution is 2.19. The van der Waals surface area contributed by atoms with Crippen molar-refractivity contribution in [1.29, 1.82) is 0 Å². The number of nitrogens with zero attached hydrogens (tertiary/aromatic N) is 1. The van der Waals surface area contributed by atoms with Crippen molar-refractivity contribution in [2.24, 2.45) is 5.92 Å². The normalized spacial score (nSPS) is 17.0. The van der Waals surface area contributed by atoms with Gasteiger partial charge in [-0.25, -0.2) is 17.5 Å². The van der Waals surface area contributed by atoms with Gasteiger partial charge in [0.25, 0.3) is 0 Å². The van der Waals surface area contributed by atoms with E-state index in [-0.39, 0.29) is 5.75 Å². The number of halogens is 1. The van der Waals surface area contributed by atoms with E-state index >= 15 is 0 Å². The molecule has 1 aromatic heterocycles. The van der Waals surface area contributed by atoms with Crippen LogP contribution in [0.25, 0.3) is 0 Å². The number of benzene rings is 1. The van der Waals surface area contributed by atoms with E-state index in [1.54, 1.807) is 12.3 Å². The van der Waals surface area contributed by atoms with Crippen LogP contribution in [-0.2, 0) is 22.3 Å². The molecule has 0 radical (unpaired) electrons. The molecule has 5 nitrogen and oxygen atoms in total. The monoisotopic (exact) mass is 366 g/mol. The zero-order valence-electron chi connectivity index (χ0n) is 14.0. The molecule has 1 aliphatic heterocycles. The van der Waals surface area contributed by atoms with E-state index in [4.69, 9.17) is 4.42 Å². The number of furan rings is 1. The van der Waals surface area contributed by atoms with Gasteiger partial charge in [0.05, 0.1) is 18.6 Å². The molecule has 1 aliphatic rings. The molecule has 0 spiro atoms. The minimum Gasteiger partial charge on any atom is -0.468 e. The van der Waals surface area contributed by atoms with Crippen LogP contribution >= 0.6 is 0 Å². The summed E-state index contributed by atoms with van der Waals surface area (Å²) in [4.78, 5) is 2.32. The second kappa shape index (κ2) is 8.12. The fourth-order valence-corrected chi connectivity index (χ4v) is 4.32. The average Bonchev–Trinajstić information content (AvgIpc) is 3.07. The first-order chi connectivity index (χ1) is 12.0. The SMILES string of the molecule is O=S(=O)(Cc1cccc(F)c1)NCC1CCN(Cc2ccco2)CC1. The van der Waals surface area contributed by atoms with E-state index in [2.05, 4.69) is 9.62 Å². The van der Waals surface area contributed by atoms with Crippen molar-refractivity contribution in [1.82, 2.24) is 9.62 Å². The molecule has 0 saturated carbocycles. The average molecular weight is 366 g/mol. The lowest BCUT2D eigenvalue weighted by molar-refractivity contribution is 0.168. The second-order valence-corrected chi connectivity index (χ2v) is 8.34. The van der Waals surface area contributed by atoms with Crippen molar-refractivity contribution in [3.63, 3.8) is 0 Å². The Morgan fingerprint density at radius 1 is 1.20 bits per heavy atom. The van der Waals surface area contributed by atoms with Crippen LogP contribution in [0, 0.1) is 11.7 Å². The first-order valence-electron chi connectivity index (χ1n) is 8.47. The van der Waals surface area contributed by atoms with Crippen LogP contribution in [0.4, 0.5) is 4.39 Å². The van der Waals surface area contributed by atoms with Crippen LogP contribution in [0.3, 0.4) is 0 Å². The number of hydrogen-bond donors (Lipinski definition) is 1. The van der Waals surface area contributed by atoms with Crippen LogP contribution < -0.4 is 4.72 Å². The highest BCUT2D eigenvalue weighted by Gasteiger charge is 2.22. The zero-order chi connectivity index (χ0) is 17.7. The predicted molar refractivity (Wildman–Crippen MR) is 93.7 cm³/mol. The van der Waals surface area contributed by atoms with Crippen LogP contribution in [0.2, 0.25) is 0 Å². The lowest BCUT2D eigenvalue weighted by Crippen LogP contribution is -2.38. The Hall–Kier alpha value is -1.70. The minimum atomic E-state index is -3.45. The maximum Gasteiger partial charge on any atom is 0.215 e. The van der Waals surface area contributed by atoms with Crippen molar-refractivity contribution in [3.05, 3.63) is 59.8 Å². The summed E-state index contributed by atoms with van der Waals surface area (Å²) in [5, 5.41) is 0. The van der Waals surface area contributed by atoms with Gasteiger partial charge in [0, 0.05) is 6.54 Å². The van der Waals surface area contributed by atoms with E-state index in [0.29, 0.717) is 18.0 Å². The van der Waals surface area contributed by atoms with Gasteiger partial charge in [-0.05, 0) is 61.7 Å². The molecule has 1 saturated heterocycles. The molecular formula is C18H23FN2O3S. The molecule has 0 bridgehead atoms. The Morgan fingerprint density at radius 3 is 2.68 bits per heavy atom. The molecule has 2 aromatic rings. The fraction of sp³-hybridized carbons (Fsp3) is 0.444. The van der Waals surface area contributed by atoms with Crippen LogP contribution in [0.5, 0.6) is 0 Å². The highest BCUT2D eigenvalue weighted by molar-refractivity contribution is 7.88. The maximum atomic E-state index is 13.2. The lowest BCUT2D eigenvalue weighted by atomic mass is 9.97. The predicted octanol–water partition coefficient (Wildman–Crippen LogP) is 2.75. The molecule has 1 N–H and O–H groups in total. The van der Waals surface area contributed by atoms with Gasteiger partial charge in [-0.15, -0.1) is 0 Å². The van der Waals surface area contributed by atoms with E-state index in [1.165, 1.54) is 18.2 Å². The summed E-state index contributed by atoms with van der Waals surface area (Å²) in [7, 11) is -3.45. The first kappa shape index (κ1) is 18.1. The Morgan fingerprint density at radius 2 is 2.00 bits per heavy atom. The quantitative estimate of drug-likeness (QED) is 0.818. The third-order valence-corrected chi connectivity index (χ3v) is 5.82. The maximum absolute atomic E-state index is 13.2. The lowest BCUT2D eigenvalue weighted by Gasteiger charge is -2.31. The number of rotatable bonds is 7. The van der Waals surface area contributed by atoms with Crippen LogP contribution in [0.15, 0.2) is 47.1 Å². The summed E-state index contributed by atoms with van der Waals surface area (Å²) in [5.74, 6) is 0.670. The summed E-state index contributed by atoms with van der Waals surface area (Å²) < 4.78 is 45.5. The Bertz CT molecular complexity index is 769. The van der Waals surface area contributed by atoms with E-state index in [9.17, 15) is 12.8 Å². The summed E-state index contributed by atoms with van der Waals surface area (Å²) in [6.45, 7) is 3.09. The van der Waals surface area contributed by atoms with Crippen molar-refractivity contribution in [2.45, 2.75) is 25.1 Å². The molecule has 3 rings (SSSR count). The van der Waals surface area contributed by atoms with Crippen molar-refractivity contribution < 1.29 is 17.2 Å². The van der Waals surface area contributed by atoms with Crippen LogP contribution in [0.1, 0.15) is 24.2 Å². The molecule has 136 valence electrons. The van der Waals surface area contributed by atoms with Gasteiger partial charge in [0.1, 0.15) is 11.6 Å². The third kappa shape index (κ3) is 5.66. The molecular weight excluding hydrogens is 343 g/mol. The highest BCUT2D eigenvalue weighted by atomic mass is 32.2. The Balaban J connectivity index is 1.43. The number of nitrogens with one attached hydrogen (secondary N) is 1. The zero-order valence-corrected chi connectivity index (χ0v) is 14.8. The van der Waals surface area contributed by atoms with E-state index in [1.807, 2.05) is 12.1 Å². The number of piperidine rings is 1. The van der Waals surface area contributed by atoms with Crippen LogP contribution in [-0.4, -0.2) is 33.0 Å². The minimum absolute atomic E-state index is 0.192.